The zero-order chi connectivity index (χ0) is 17.1. The van der Waals surface area contributed by atoms with Gasteiger partial charge >= 0.3 is 0 Å². The number of fused-ring (bicyclic) bond motifs is 1. The number of carbonyl (C=O) groups is 2. The number of nitrogens with zero attached hydrogens (tertiary/aromatic N) is 2. The van der Waals surface area contributed by atoms with Crippen molar-refractivity contribution in [2.75, 3.05) is 29.7 Å². The molecule has 2 heterocycles. The van der Waals surface area contributed by atoms with Gasteiger partial charge in [0.15, 0.2) is 11.6 Å². The van der Waals surface area contributed by atoms with Crippen molar-refractivity contribution in [1.82, 2.24) is 4.98 Å². The Morgan fingerprint density at radius 2 is 1.83 bits per heavy atom. The van der Waals surface area contributed by atoms with Crippen LogP contribution >= 0.6 is 23.2 Å². The molecule has 3 rings (SSSR count). The maximum absolute atomic E-state index is 11.7. The molecule has 24 heavy (non-hydrogen) atoms. The largest absolute Gasteiger partial charge is 0.357 e. The number of carbonyl (C=O) groups excluding carboxylic acids is 2. The van der Waals surface area contributed by atoms with Crippen LogP contribution in [0, 0.1) is 5.92 Å². The maximum Gasteiger partial charge on any atom is 0.177 e. The van der Waals surface area contributed by atoms with Crippen LogP contribution in [0.15, 0.2) is 30.3 Å². The Bertz CT molecular complexity index is 771. The Hall–Kier alpha value is -1.65. The Kier molecular flexibility index (Phi) is 5.36. The number of rotatable bonds is 5. The fourth-order valence-corrected chi connectivity index (χ4v) is 3.45. The van der Waals surface area contributed by atoms with Gasteiger partial charge in [-0.25, -0.2) is 4.98 Å². The van der Waals surface area contributed by atoms with Gasteiger partial charge in [0, 0.05) is 30.0 Å². The second-order valence-corrected chi connectivity index (χ2v) is 6.53. The van der Waals surface area contributed by atoms with Crippen LogP contribution in [0.4, 0.5) is 5.82 Å². The summed E-state index contributed by atoms with van der Waals surface area (Å²) in [5.41, 5.74) is 1.45. The van der Waals surface area contributed by atoms with Crippen molar-refractivity contribution < 1.29 is 9.59 Å². The van der Waals surface area contributed by atoms with Gasteiger partial charge in [-0.2, -0.15) is 0 Å². The first-order valence-corrected chi connectivity index (χ1v) is 9.03. The summed E-state index contributed by atoms with van der Waals surface area (Å²) in [6, 6.07) is 9.36. The molecule has 0 bridgehead atoms. The van der Waals surface area contributed by atoms with Crippen LogP contribution in [0.5, 0.6) is 0 Å². The second kappa shape index (κ2) is 7.49. The SMILES string of the molecule is O=C(CCl)c1ccc2nc(N3CCC(C(=O)CCl)CC3)ccc2c1. The summed E-state index contributed by atoms with van der Waals surface area (Å²) in [6.07, 6.45) is 1.63. The molecule has 0 N–H and O–H groups in total. The van der Waals surface area contributed by atoms with E-state index in [0.29, 0.717) is 5.56 Å². The van der Waals surface area contributed by atoms with E-state index in [1.165, 1.54) is 0 Å². The first-order valence-electron chi connectivity index (χ1n) is 7.96. The van der Waals surface area contributed by atoms with E-state index in [1.807, 2.05) is 24.3 Å². The molecule has 1 fully saturated rings. The van der Waals surface area contributed by atoms with Gasteiger partial charge in [0.05, 0.1) is 17.3 Å². The van der Waals surface area contributed by atoms with Crippen molar-refractivity contribution in [2.24, 2.45) is 5.92 Å². The summed E-state index contributed by atoms with van der Waals surface area (Å²) in [6.45, 7) is 1.60. The van der Waals surface area contributed by atoms with Gasteiger partial charge in [0.2, 0.25) is 0 Å². The van der Waals surface area contributed by atoms with Crippen LogP contribution < -0.4 is 4.90 Å². The molecule has 0 amide bonds. The molecule has 126 valence electrons. The normalized spacial score (nSPS) is 15.7. The Morgan fingerprint density at radius 1 is 1.08 bits per heavy atom. The highest BCUT2D eigenvalue weighted by molar-refractivity contribution is 6.30. The minimum absolute atomic E-state index is 0.0208. The zero-order valence-corrected chi connectivity index (χ0v) is 14.7. The molecular weight excluding hydrogens is 347 g/mol. The monoisotopic (exact) mass is 364 g/mol. The Morgan fingerprint density at radius 3 is 2.50 bits per heavy atom. The van der Waals surface area contributed by atoms with Gasteiger partial charge < -0.3 is 4.90 Å². The highest BCUT2D eigenvalue weighted by Crippen LogP contribution is 2.25. The van der Waals surface area contributed by atoms with E-state index in [-0.39, 0.29) is 29.2 Å². The van der Waals surface area contributed by atoms with Crippen molar-refractivity contribution in [2.45, 2.75) is 12.8 Å². The lowest BCUT2D eigenvalue weighted by Crippen LogP contribution is -2.37. The summed E-state index contributed by atoms with van der Waals surface area (Å²) in [4.78, 5) is 30.3. The number of alkyl halides is 2. The van der Waals surface area contributed by atoms with Gasteiger partial charge in [-0.05, 0) is 43.2 Å². The van der Waals surface area contributed by atoms with E-state index >= 15 is 0 Å². The predicted molar refractivity (Wildman–Crippen MR) is 97.5 cm³/mol. The minimum Gasteiger partial charge on any atom is -0.357 e. The number of Topliss-reactive ketones (excluding diaryl/α,β-unsaturated/α-hetero) is 2. The molecule has 2 aromatic rings. The number of benzene rings is 1. The summed E-state index contributed by atoms with van der Waals surface area (Å²) in [5, 5.41) is 0.918. The van der Waals surface area contributed by atoms with E-state index in [9.17, 15) is 9.59 Å². The highest BCUT2D eigenvalue weighted by atomic mass is 35.5. The third-order valence-electron chi connectivity index (χ3n) is 4.52. The lowest BCUT2D eigenvalue weighted by atomic mass is 9.93. The molecule has 1 aliphatic rings. The van der Waals surface area contributed by atoms with Gasteiger partial charge in [-0.3, -0.25) is 9.59 Å². The fraction of sp³-hybridized carbons (Fsp3) is 0.389. The van der Waals surface area contributed by atoms with E-state index < -0.39 is 0 Å². The molecule has 1 aliphatic heterocycles. The predicted octanol–water partition coefficient (Wildman–Crippen LogP) is 3.68. The van der Waals surface area contributed by atoms with Crippen LogP contribution in [0.2, 0.25) is 0 Å². The average Bonchev–Trinajstić information content (AvgIpc) is 2.66. The van der Waals surface area contributed by atoms with Gasteiger partial charge in [-0.15, -0.1) is 23.2 Å². The molecule has 4 nitrogen and oxygen atoms in total. The van der Waals surface area contributed by atoms with Crippen molar-refractivity contribution in [3.63, 3.8) is 0 Å². The molecule has 0 radical (unpaired) electrons. The van der Waals surface area contributed by atoms with E-state index in [4.69, 9.17) is 23.2 Å². The molecule has 1 aromatic carbocycles. The van der Waals surface area contributed by atoms with Gasteiger partial charge in [0.25, 0.3) is 0 Å². The quantitative estimate of drug-likeness (QED) is 0.599. The number of halogens is 2. The van der Waals surface area contributed by atoms with Crippen molar-refractivity contribution in [3.8, 4) is 0 Å². The number of piperidine rings is 1. The Labute approximate surface area is 150 Å². The molecule has 0 spiro atoms. The van der Waals surface area contributed by atoms with E-state index in [1.54, 1.807) is 6.07 Å². The Balaban J connectivity index is 1.77. The fourth-order valence-electron chi connectivity index (χ4n) is 3.08. The number of anilines is 1. The van der Waals surface area contributed by atoms with Crippen LogP contribution in [0.1, 0.15) is 23.2 Å². The standard InChI is InChI=1S/C18H18Cl2N2O2/c19-10-16(23)12-5-7-22(8-6-12)18-4-2-13-9-14(17(24)11-20)1-3-15(13)21-18/h1-4,9,12H,5-8,10-11H2. The summed E-state index contributed by atoms with van der Waals surface area (Å²) in [7, 11) is 0. The van der Waals surface area contributed by atoms with Crippen molar-refractivity contribution in [3.05, 3.63) is 35.9 Å². The molecule has 0 atom stereocenters. The van der Waals surface area contributed by atoms with Crippen LogP contribution in [-0.4, -0.2) is 41.4 Å². The lowest BCUT2D eigenvalue weighted by Gasteiger charge is -2.32. The maximum atomic E-state index is 11.7. The lowest BCUT2D eigenvalue weighted by molar-refractivity contribution is -0.120. The third kappa shape index (κ3) is 3.55. The van der Waals surface area contributed by atoms with Crippen LogP contribution in [-0.2, 0) is 4.79 Å². The third-order valence-corrected chi connectivity index (χ3v) is 5.03. The highest BCUT2D eigenvalue weighted by Gasteiger charge is 2.24. The first-order chi connectivity index (χ1) is 11.6. The number of pyridine rings is 1. The van der Waals surface area contributed by atoms with E-state index in [0.717, 1.165) is 42.7 Å². The molecule has 1 aromatic heterocycles. The van der Waals surface area contributed by atoms with Crippen molar-refractivity contribution in [1.29, 1.82) is 0 Å². The number of aromatic nitrogens is 1. The molecule has 0 aliphatic carbocycles. The number of hydrogen-bond acceptors (Lipinski definition) is 4. The first kappa shape index (κ1) is 17.2. The number of hydrogen-bond donors (Lipinski definition) is 0. The topological polar surface area (TPSA) is 50.3 Å². The average molecular weight is 365 g/mol. The van der Waals surface area contributed by atoms with Gasteiger partial charge in [-0.1, -0.05) is 0 Å². The van der Waals surface area contributed by atoms with Crippen LogP contribution in [0.25, 0.3) is 10.9 Å². The molecule has 6 heteroatoms. The molecule has 0 saturated carbocycles. The van der Waals surface area contributed by atoms with Crippen LogP contribution in [0.3, 0.4) is 0 Å². The second-order valence-electron chi connectivity index (χ2n) is 6.00. The molecular formula is C18H18Cl2N2O2. The van der Waals surface area contributed by atoms with Gasteiger partial charge in [0.1, 0.15) is 5.82 Å². The minimum atomic E-state index is -0.0892. The molecule has 1 saturated heterocycles. The van der Waals surface area contributed by atoms with Crippen molar-refractivity contribution >= 4 is 51.5 Å². The summed E-state index contributed by atoms with van der Waals surface area (Å²) in [5.74, 6) is 1.10. The summed E-state index contributed by atoms with van der Waals surface area (Å²) < 4.78 is 0. The number of ketones is 2. The van der Waals surface area contributed by atoms with E-state index in [2.05, 4.69) is 9.88 Å². The smallest absolute Gasteiger partial charge is 0.177 e. The molecule has 0 unspecified atom stereocenters. The summed E-state index contributed by atoms with van der Waals surface area (Å²) >= 11 is 11.2. The zero-order valence-electron chi connectivity index (χ0n) is 13.2.